The number of nitrogens with zero attached hydrogens (tertiary/aromatic N) is 1. The predicted molar refractivity (Wildman–Crippen MR) is 87.2 cm³/mol. The van der Waals surface area contributed by atoms with E-state index in [0.29, 0.717) is 18.0 Å². The predicted octanol–water partition coefficient (Wildman–Crippen LogP) is 4.06. The molecule has 1 aliphatic carbocycles. The first-order valence-corrected chi connectivity index (χ1v) is 8.29. The van der Waals surface area contributed by atoms with E-state index in [1.807, 2.05) is 12.3 Å². The second-order valence-corrected chi connectivity index (χ2v) is 7.11. The minimum absolute atomic E-state index is 0.347. The monoisotopic (exact) mass is 302 g/mol. The number of rotatable bonds is 5. The maximum Gasteiger partial charge on any atom is 0.119 e. The summed E-state index contributed by atoms with van der Waals surface area (Å²) in [4.78, 5) is 5.75. The van der Waals surface area contributed by atoms with Gasteiger partial charge in [0.15, 0.2) is 0 Å². The van der Waals surface area contributed by atoms with Gasteiger partial charge in [-0.15, -0.1) is 11.3 Å². The van der Waals surface area contributed by atoms with E-state index in [0.717, 1.165) is 5.75 Å². The Morgan fingerprint density at radius 3 is 2.86 bits per heavy atom. The number of aryl methyl sites for hydroxylation is 1. The fourth-order valence-corrected chi connectivity index (χ4v) is 3.70. The summed E-state index contributed by atoms with van der Waals surface area (Å²) in [6.45, 7) is 4.31. The van der Waals surface area contributed by atoms with Gasteiger partial charge in [0, 0.05) is 17.1 Å². The summed E-state index contributed by atoms with van der Waals surface area (Å²) in [7, 11) is 1.72. The van der Waals surface area contributed by atoms with Crippen LogP contribution in [0, 0.1) is 6.92 Å². The van der Waals surface area contributed by atoms with Gasteiger partial charge in [0.1, 0.15) is 10.8 Å². The van der Waals surface area contributed by atoms with E-state index < -0.39 is 0 Å². The Morgan fingerprint density at radius 1 is 1.38 bits per heavy atom. The third kappa shape index (κ3) is 3.27. The van der Waals surface area contributed by atoms with Crippen molar-refractivity contribution >= 4 is 11.3 Å². The van der Waals surface area contributed by atoms with E-state index >= 15 is 0 Å². The average molecular weight is 302 g/mol. The summed E-state index contributed by atoms with van der Waals surface area (Å²) in [6, 6.07) is 9.40. The third-order valence-electron chi connectivity index (χ3n) is 4.20. The quantitative estimate of drug-likeness (QED) is 0.904. The van der Waals surface area contributed by atoms with Crippen LogP contribution < -0.4 is 10.1 Å². The van der Waals surface area contributed by atoms with Gasteiger partial charge in [-0.2, -0.15) is 0 Å². The summed E-state index contributed by atoms with van der Waals surface area (Å²) < 4.78 is 5.30. The van der Waals surface area contributed by atoms with Gasteiger partial charge in [-0.05, 0) is 50.3 Å². The molecule has 0 bridgehead atoms. The molecule has 2 aromatic rings. The van der Waals surface area contributed by atoms with Crippen molar-refractivity contribution < 1.29 is 4.74 Å². The Kier molecular flexibility index (Phi) is 4.27. The largest absolute Gasteiger partial charge is 0.497 e. The van der Waals surface area contributed by atoms with Crippen LogP contribution in [0.4, 0.5) is 0 Å². The molecule has 3 rings (SSSR count). The summed E-state index contributed by atoms with van der Waals surface area (Å²) in [6.07, 6.45) is 4.35. The van der Waals surface area contributed by atoms with Crippen LogP contribution in [0.2, 0.25) is 0 Å². The van der Waals surface area contributed by atoms with Crippen LogP contribution in [0.5, 0.6) is 5.75 Å². The highest BCUT2D eigenvalue weighted by molar-refractivity contribution is 7.11. The molecule has 21 heavy (non-hydrogen) atoms. The van der Waals surface area contributed by atoms with Crippen LogP contribution in [0.15, 0.2) is 30.5 Å². The molecule has 1 unspecified atom stereocenters. The van der Waals surface area contributed by atoms with Crippen molar-refractivity contribution in [2.24, 2.45) is 0 Å². The van der Waals surface area contributed by atoms with E-state index in [1.165, 1.54) is 28.3 Å². The van der Waals surface area contributed by atoms with E-state index in [1.54, 1.807) is 18.4 Å². The lowest BCUT2D eigenvalue weighted by Crippen LogP contribution is -2.41. The van der Waals surface area contributed by atoms with Gasteiger partial charge in [-0.1, -0.05) is 12.1 Å². The molecule has 1 saturated carbocycles. The Hall–Kier alpha value is -1.39. The number of nitrogens with one attached hydrogen (secondary N) is 1. The first-order chi connectivity index (χ1) is 10.2. The van der Waals surface area contributed by atoms with Gasteiger partial charge in [0.25, 0.3) is 0 Å². The van der Waals surface area contributed by atoms with Gasteiger partial charge in [-0.3, -0.25) is 0 Å². The zero-order valence-corrected chi connectivity index (χ0v) is 13.6. The van der Waals surface area contributed by atoms with Crippen molar-refractivity contribution in [2.75, 3.05) is 7.11 Å². The lowest BCUT2D eigenvalue weighted by molar-refractivity contribution is 0.270. The Bertz CT molecular complexity index is 604. The van der Waals surface area contributed by atoms with Gasteiger partial charge in [0.05, 0.1) is 13.2 Å². The van der Waals surface area contributed by atoms with Gasteiger partial charge < -0.3 is 10.1 Å². The number of methoxy groups -OCH3 is 1. The zero-order valence-electron chi connectivity index (χ0n) is 12.8. The molecule has 0 radical (unpaired) electrons. The average Bonchev–Trinajstić information content (AvgIpc) is 2.89. The lowest BCUT2D eigenvalue weighted by atomic mass is 9.75. The lowest BCUT2D eigenvalue weighted by Gasteiger charge is -2.38. The van der Waals surface area contributed by atoms with E-state index in [2.05, 4.69) is 42.3 Å². The van der Waals surface area contributed by atoms with Crippen LogP contribution >= 0.6 is 11.3 Å². The van der Waals surface area contributed by atoms with Crippen LogP contribution in [-0.2, 0) is 0 Å². The molecule has 1 aromatic heterocycles. The maximum atomic E-state index is 5.30. The summed E-state index contributed by atoms with van der Waals surface area (Å²) >= 11 is 1.78. The van der Waals surface area contributed by atoms with E-state index in [-0.39, 0.29) is 0 Å². The highest BCUT2D eigenvalue weighted by atomic mass is 32.1. The van der Waals surface area contributed by atoms with E-state index in [4.69, 9.17) is 4.74 Å². The number of benzene rings is 1. The summed E-state index contributed by atoms with van der Waals surface area (Å²) in [5.41, 5.74) is 1.39. The van der Waals surface area contributed by atoms with Crippen LogP contribution in [0.1, 0.15) is 47.2 Å². The molecule has 0 aliphatic heterocycles. The van der Waals surface area contributed by atoms with Crippen molar-refractivity contribution in [3.63, 3.8) is 0 Å². The molecule has 0 amide bonds. The second kappa shape index (κ2) is 6.16. The Morgan fingerprint density at radius 2 is 2.19 bits per heavy atom. The van der Waals surface area contributed by atoms with Crippen molar-refractivity contribution in [1.29, 1.82) is 0 Å². The molecule has 0 spiro atoms. The van der Waals surface area contributed by atoms with Crippen LogP contribution in [0.3, 0.4) is 0 Å². The molecule has 1 atom stereocenters. The summed E-state index contributed by atoms with van der Waals surface area (Å²) in [5, 5.41) is 4.88. The minimum Gasteiger partial charge on any atom is -0.497 e. The molecule has 1 N–H and O–H groups in total. The molecule has 1 aliphatic rings. The Balaban J connectivity index is 1.53. The molecule has 3 nitrogen and oxygen atoms in total. The Labute approximate surface area is 130 Å². The minimum atomic E-state index is 0.347. The normalized spacial score (nSPS) is 22.6. The fourth-order valence-electron chi connectivity index (χ4n) is 2.92. The topological polar surface area (TPSA) is 34.1 Å². The van der Waals surface area contributed by atoms with Gasteiger partial charge in [-0.25, -0.2) is 4.98 Å². The van der Waals surface area contributed by atoms with Crippen LogP contribution in [-0.4, -0.2) is 18.1 Å². The standard InChI is InChI=1S/C17H22N2OS/c1-11-10-18-17(21-11)12(2)19-15-7-14(8-15)13-5-4-6-16(9-13)20-3/h4-6,9-10,12,14-15,19H,7-8H2,1-3H3. The molecule has 4 heteroatoms. The first-order valence-electron chi connectivity index (χ1n) is 7.48. The molecular weight excluding hydrogens is 280 g/mol. The number of thiazole rings is 1. The molecule has 112 valence electrons. The smallest absolute Gasteiger partial charge is 0.119 e. The number of hydrogen-bond acceptors (Lipinski definition) is 4. The number of hydrogen-bond donors (Lipinski definition) is 1. The zero-order chi connectivity index (χ0) is 14.8. The highest BCUT2D eigenvalue weighted by Gasteiger charge is 2.31. The number of ether oxygens (including phenoxy) is 1. The van der Waals surface area contributed by atoms with Crippen molar-refractivity contribution in [2.45, 2.75) is 44.7 Å². The van der Waals surface area contributed by atoms with Crippen molar-refractivity contribution in [1.82, 2.24) is 10.3 Å². The molecule has 1 fully saturated rings. The van der Waals surface area contributed by atoms with Crippen molar-refractivity contribution in [3.8, 4) is 5.75 Å². The van der Waals surface area contributed by atoms with Gasteiger partial charge >= 0.3 is 0 Å². The third-order valence-corrected chi connectivity index (χ3v) is 5.29. The second-order valence-electron chi connectivity index (χ2n) is 5.84. The number of aromatic nitrogens is 1. The molecule has 1 aromatic carbocycles. The first kappa shape index (κ1) is 14.5. The van der Waals surface area contributed by atoms with Crippen molar-refractivity contribution in [3.05, 3.63) is 45.9 Å². The highest BCUT2D eigenvalue weighted by Crippen LogP contribution is 2.39. The van der Waals surface area contributed by atoms with E-state index in [9.17, 15) is 0 Å². The molecule has 1 heterocycles. The fraction of sp³-hybridized carbons (Fsp3) is 0.471. The SMILES string of the molecule is COc1cccc(C2CC(NC(C)c3ncc(C)s3)C2)c1. The van der Waals surface area contributed by atoms with Crippen LogP contribution in [0.25, 0.3) is 0 Å². The summed E-state index contributed by atoms with van der Waals surface area (Å²) in [5.74, 6) is 1.61. The molecule has 0 saturated heterocycles. The van der Waals surface area contributed by atoms with Gasteiger partial charge in [0.2, 0.25) is 0 Å². The molecular formula is C17H22N2OS. The maximum absolute atomic E-state index is 5.30.